The highest BCUT2D eigenvalue weighted by atomic mass is 19.1. The van der Waals surface area contributed by atoms with Crippen LogP contribution in [0.1, 0.15) is 29.7 Å². The smallest absolute Gasteiger partial charge is 0.234 e. The molecule has 0 bridgehead atoms. The van der Waals surface area contributed by atoms with Crippen molar-refractivity contribution in [3.05, 3.63) is 47.3 Å². The van der Waals surface area contributed by atoms with E-state index < -0.39 is 0 Å². The molecular formula is C15H21FN2O. The maximum Gasteiger partial charge on any atom is 0.234 e. The van der Waals surface area contributed by atoms with Crippen LogP contribution >= 0.6 is 0 Å². The van der Waals surface area contributed by atoms with Gasteiger partial charge in [-0.1, -0.05) is 18.2 Å². The number of carbonyl (C=O) groups excluding carboxylic acids is 1. The number of carbonyl (C=O) groups is 1. The standard InChI is InChI=1S/C15H21FN2O/c1-5-6-17-14(19)9-18-12(4)13-7-10(2)15(16)11(3)8-13/h5,7-8,12,18H,1,6,9H2,2-4H3,(H,17,19). The highest BCUT2D eigenvalue weighted by molar-refractivity contribution is 5.78. The molecule has 0 aromatic heterocycles. The zero-order chi connectivity index (χ0) is 14.4. The molecule has 0 spiro atoms. The maximum atomic E-state index is 13.5. The Hall–Kier alpha value is -1.68. The van der Waals surface area contributed by atoms with E-state index in [-0.39, 0.29) is 24.3 Å². The number of halogens is 1. The molecule has 0 aliphatic heterocycles. The lowest BCUT2D eigenvalue weighted by molar-refractivity contribution is -0.120. The van der Waals surface area contributed by atoms with Gasteiger partial charge in [-0.25, -0.2) is 4.39 Å². The van der Waals surface area contributed by atoms with Crippen LogP contribution in [0, 0.1) is 19.7 Å². The number of amides is 1. The van der Waals surface area contributed by atoms with Crippen molar-refractivity contribution in [3.8, 4) is 0 Å². The van der Waals surface area contributed by atoms with Crippen molar-refractivity contribution in [2.75, 3.05) is 13.1 Å². The first kappa shape index (κ1) is 15.4. The molecule has 104 valence electrons. The van der Waals surface area contributed by atoms with Crippen molar-refractivity contribution in [2.24, 2.45) is 0 Å². The summed E-state index contributed by atoms with van der Waals surface area (Å²) < 4.78 is 13.5. The first-order valence-corrected chi connectivity index (χ1v) is 6.33. The van der Waals surface area contributed by atoms with Gasteiger partial charge in [-0.05, 0) is 37.5 Å². The third-order valence-electron chi connectivity index (χ3n) is 2.97. The lowest BCUT2D eigenvalue weighted by Gasteiger charge is -2.16. The van der Waals surface area contributed by atoms with Gasteiger partial charge in [0.15, 0.2) is 0 Å². The summed E-state index contributed by atoms with van der Waals surface area (Å²) in [5.74, 6) is -0.248. The highest BCUT2D eigenvalue weighted by Gasteiger charge is 2.11. The quantitative estimate of drug-likeness (QED) is 0.775. The van der Waals surface area contributed by atoms with Gasteiger partial charge in [-0.2, -0.15) is 0 Å². The maximum absolute atomic E-state index is 13.5. The predicted octanol–water partition coefficient (Wildman–Crippen LogP) is 2.40. The minimum Gasteiger partial charge on any atom is -0.352 e. The zero-order valence-corrected chi connectivity index (χ0v) is 11.7. The Morgan fingerprint density at radius 1 is 1.42 bits per heavy atom. The molecule has 1 aromatic carbocycles. The molecule has 2 N–H and O–H groups in total. The molecule has 3 nitrogen and oxygen atoms in total. The third-order valence-corrected chi connectivity index (χ3v) is 2.97. The predicted molar refractivity (Wildman–Crippen MR) is 75.5 cm³/mol. The van der Waals surface area contributed by atoms with Gasteiger partial charge in [0, 0.05) is 12.6 Å². The van der Waals surface area contributed by atoms with Crippen molar-refractivity contribution in [1.82, 2.24) is 10.6 Å². The fourth-order valence-corrected chi connectivity index (χ4v) is 1.84. The molecule has 0 saturated heterocycles. The Balaban J connectivity index is 2.61. The Morgan fingerprint density at radius 3 is 2.53 bits per heavy atom. The Bertz CT molecular complexity index is 448. The number of benzene rings is 1. The van der Waals surface area contributed by atoms with Gasteiger partial charge in [-0.15, -0.1) is 6.58 Å². The lowest BCUT2D eigenvalue weighted by Crippen LogP contribution is -2.35. The molecule has 1 amide bonds. The topological polar surface area (TPSA) is 41.1 Å². The SMILES string of the molecule is C=CCNC(=O)CNC(C)c1cc(C)c(F)c(C)c1. The van der Waals surface area contributed by atoms with E-state index in [0.29, 0.717) is 17.7 Å². The van der Waals surface area contributed by atoms with Crippen molar-refractivity contribution in [1.29, 1.82) is 0 Å². The second kappa shape index (κ2) is 7.04. The minimum absolute atomic E-state index is 0.00696. The summed E-state index contributed by atoms with van der Waals surface area (Å²) in [4.78, 5) is 11.4. The van der Waals surface area contributed by atoms with Crippen LogP contribution in [0.2, 0.25) is 0 Å². The van der Waals surface area contributed by atoms with Crippen molar-refractivity contribution in [3.63, 3.8) is 0 Å². The number of rotatable bonds is 6. The third kappa shape index (κ3) is 4.48. The molecule has 0 aliphatic rings. The van der Waals surface area contributed by atoms with Crippen LogP contribution in [0.5, 0.6) is 0 Å². The molecule has 0 aliphatic carbocycles. The zero-order valence-electron chi connectivity index (χ0n) is 11.7. The van der Waals surface area contributed by atoms with Gasteiger partial charge in [-0.3, -0.25) is 4.79 Å². The summed E-state index contributed by atoms with van der Waals surface area (Å²) in [6.07, 6.45) is 1.63. The molecule has 4 heteroatoms. The first-order chi connectivity index (χ1) is 8.95. The fourth-order valence-electron chi connectivity index (χ4n) is 1.84. The Morgan fingerprint density at radius 2 is 2.00 bits per heavy atom. The second-order valence-electron chi connectivity index (χ2n) is 4.66. The van der Waals surface area contributed by atoms with Gasteiger partial charge in [0.2, 0.25) is 5.91 Å². The summed E-state index contributed by atoms with van der Waals surface area (Å²) >= 11 is 0. The van der Waals surface area contributed by atoms with E-state index in [9.17, 15) is 9.18 Å². The molecule has 0 fully saturated rings. The molecule has 0 heterocycles. The molecule has 1 atom stereocenters. The van der Waals surface area contributed by atoms with Gasteiger partial charge >= 0.3 is 0 Å². The van der Waals surface area contributed by atoms with Crippen LogP contribution in [-0.2, 0) is 4.79 Å². The van der Waals surface area contributed by atoms with Crippen molar-refractivity contribution < 1.29 is 9.18 Å². The average molecular weight is 264 g/mol. The fraction of sp³-hybridized carbons (Fsp3) is 0.400. The number of aryl methyl sites for hydroxylation is 2. The number of nitrogens with one attached hydrogen (secondary N) is 2. The van der Waals surface area contributed by atoms with Gasteiger partial charge in [0.05, 0.1) is 6.54 Å². The van der Waals surface area contributed by atoms with Crippen LogP contribution in [0.3, 0.4) is 0 Å². The van der Waals surface area contributed by atoms with Gasteiger partial charge < -0.3 is 10.6 Å². The molecule has 1 rings (SSSR count). The number of hydrogen-bond donors (Lipinski definition) is 2. The second-order valence-corrected chi connectivity index (χ2v) is 4.66. The van der Waals surface area contributed by atoms with Crippen LogP contribution < -0.4 is 10.6 Å². The van der Waals surface area contributed by atoms with E-state index in [0.717, 1.165) is 5.56 Å². The molecule has 1 aromatic rings. The highest BCUT2D eigenvalue weighted by Crippen LogP contribution is 2.19. The monoisotopic (exact) mass is 264 g/mol. The Labute approximate surface area is 113 Å². The first-order valence-electron chi connectivity index (χ1n) is 6.33. The molecule has 1 unspecified atom stereocenters. The van der Waals surface area contributed by atoms with Gasteiger partial charge in [0.1, 0.15) is 5.82 Å². The van der Waals surface area contributed by atoms with Crippen LogP contribution in [0.25, 0.3) is 0 Å². The number of hydrogen-bond acceptors (Lipinski definition) is 2. The lowest BCUT2D eigenvalue weighted by atomic mass is 10.0. The van der Waals surface area contributed by atoms with Crippen molar-refractivity contribution >= 4 is 5.91 Å². The van der Waals surface area contributed by atoms with E-state index in [1.165, 1.54) is 0 Å². The van der Waals surface area contributed by atoms with Crippen LogP contribution in [0.15, 0.2) is 24.8 Å². The average Bonchev–Trinajstić information content (AvgIpc) is 2.39. The molecule has 0 saturated carbocycles. The molecule has 0 radical (unpaired) electrons. The van der Waals surface area contributed by atoms with Crippen molar-refractivity contribution in [2.45, 2.75) is 26.8 Å². The molecule has 19 heavy (non-hydrogen) atoms. The summed E-state index contributed by atoms with van der Waals surface area (Å²) in [5.41, 5.74) is 2.23. The molecular weight excluding hydrogens is 243 g/mol. The van der Waals surface area contributed by atoms with Crippen LogP contribution in [0.4, 0.5) is 4.39 Å². The minimum atomic E-state index is -0.167. The largest absolute Gasteiger partial charge is 0.352 e. The summed E-state index contributed by atoms with van der Waals surface area (Å²) in [6, 6.07) is 3.61. The summed E-state index contributed by atoms with van der Waals surface area (Å²) in [6.45, 7) is 9.66. The summed E-state index contributed by atoms with van der Waals surface area (Å²) in [7, 11) is 0. The van der Waals surface area contributed by atoms with E-state index in [1.54, 1.807) is 19.9 Å². The van der Waals surface area contributed by atoms with Crippen LogP contribution in [-0.4, -0.2) is 19.0 Å². The van der Waals surface area contributed by atoms with E-state index in [1.807, 2.05) is 19.1 Å². The van der Waals surface area contributed by atoms with Gasteiger partial charge in [0.25, 0.3) is 0 Å². The van der Waals surface area contributed by atoms with E-state index in [4.69, 9.17) is 0 Å². The van der Waals surface area contributed by atoms with E-state index in [2.05, 4.69) is 17.2 Å². The summed E-state index contributed by atoms with van der Waals surface area (Å²) in [5, 5.41) is 5.80. The Kier molecular flexibility index (Phi) is 5.70. The van der Waals surface area contributed by atoms with E-state index >= 15 is 0 Å². The normalized spacial score (nSPS) is 12.0.